The Balaban J connectivity index is 2.10. The lowest BCUT2D eigenvalue weighted by atomic mass is 9.99. The van der Waals surface area contributed by atoms with Crippen LogP contribution in [0, 0.1) is 23.4 Å². The molecule has 1 aliphatic rings. The van der Waals surface area contributed by atoms with Gasteiger partial charge in [-0.3, -0.25) is 0 Å². The Bertz CT molecular complexity index is 406. The van der Waals surface area contributed by atoms with Crippen LogP contribution in [0.1, 0.15) is 50.6 Å². The van der Waals surface area contributed by atoms with Crippen LogP contribution in [-0.4, -0.2) is 6.54 Å². The molecule has 19 heavy (non-hydrogen) atoms. The van der Waals surface area contributed by atoms with E-state index in [-0.39, 0.29) is 6.04 Å². The molecule has 1 aromatic carbocycles. The van der Waals surface area contributed by atoms with Gasteiger partial charge in [-0.05, 0) is 49.4 Å². The topological polar surface area (TPSA) is 12.0 Å². The molecule has 1 atom stereocenters. The van der Waals surface area contributed by atoms with Crippen LogP contribution >= 0.6 is 0 Å². The molecule has 0 bridgehead atoms. The maximum absolute atomic E-state index is 13.3. The molecular formula is C15H20F3N. The van der Waals surface area contributed by atoms with Gasteiger partial charge in [-0.1, -0.05) is 19.8 Å². The molecule has 0 aliphatic heterocycles. The molecule has 1 unspecified atom stereocenters. The number of halogens is 3. The normalized spacial score (nSPS) is 16.6. The molecule has 1 saturated carbocycles. The van der Waals surface area contributed by atoms with E-state index in [0.717, 1.165) is 43.9 Å². The van der Waals surface area contributed by atoms with Crippen LogP contribution in [0.2, 0.25) is 0 Å². The van der Waals surface area contributed by atoms with E-state index in [1.165, 1.54) is 12.8 Å². The molecule has 1 nitrogen and oxygen atoms in total. The van der Waals surface area contributed by atoms with Crippen LogP contribution in [0.15, 0.2) is 12.1 Å². The molecule has 0 heterocycles. The molecule has 1 aromatic rings. The van der Waals surface area contributed by atoms with Crippen LogP contribution < -0.4 is 5.32 Å². The standard InChI is InChI=1S/C15H20F3N/c1-2-7-19-14(6-5-10-3-4-10)11-8-12(16)15(18)13(17)9-11/h8-10,14,19H,2-7H2,1H3. The summed E-state index contributed by atoms with van der Waals surface area (Å²) in [6, 6.07) is 2.13. The van der Waals surface area contributed by atoms with Gasteiger partial charge in [0.1, 0.15) is 0 Å². The minimum absolute atomic E-state index is 0.0925. The Morgan fingerprint density at radius 3 is 2.37 bits per heavy atom. The Morgan fingerprint density at radius 1 is 1.21 bits per heavy atom. The zero-order valence-electron chi connectivity index (χ0n) is 11.2. The Morgan fingerprint density at radius 2 is 1.84 bits per heavy atom. The lowest BCUT2D eigenvalue weighted by Gasteiger charge is -2.19. The molecule has 106 valence electrons. The van der Waals surface area contributed by atoms with Crippen molar-refractivity contribution in [3.63, 3.8) is 0 Å². The van der Waals surface area contributed by atoms with Crippen LogP contribution in [0.5, 0.6) is 0 Å². The van der Waals surface area contributed by atoms with Gasteiger partial charge in [0.15, 0.2) is 17.5 Å². The number of benzene rings is 1. The second-order valence-electron chi connectivity index (χ2n) is 5.33. The van der Waals surface area contributed by atoms with E-state index < -0.39 is 17.5 Å². The van der Waals surface area contributed by atoms with Crippen molar-refractivity contribution in [1.29, 1.82) is 0 Å². The Labute approximate surface area is 112 Å². The second-order valence-corrected chi connectivity index (χ2v) is 5.33. The average Bonchev–Trinajstić information content (AvgIpc) is 3.19. The highest BCUT2D eigenvalue weighted by Crippen LogP contribution is 2.36. The molecule has 0 radical (unpaired) electrons. The molecule has 0 amide bonds. The predicted molar refractivity (Wildman–Crippen MR) is 69.3 cm³/mol. The number of hydrogen-bond donors (Lipinski definition) is 1. The fourth-order valence-electron chi connectivity index (χ4n) is 2.29. The van der Waals surface area contributed by atoms with Gasteiger partial charge in [-0.15, -0.1) is 0 Å². The van der Waals surface area contributed by atoms with Crippen LogP contribution in [0.4, 0.5) is 13.2 Å². The molecule has 0 aromatic heterocycles. The van der Waals surface area contributed by atoms with Crippen molar-refractivity contribution in [2.24, 2.45) is 5.92 Å². The molecule has 1 N–H and O–H groups in total. The second kappa shape index (κ2) is 6.42. The van der Waals surface area contributed by atoms with Gasteiger partial charge < -0.3 is 5.32 Å². The monoisotopic (exact) mass is 271 g/mol. The predicted octanol–water partition coefficient (Wildman–Crippen LogP) is 4.33. The van der Waals surface area contributed by atoms with Crippen molar-refractivity contribution in [3.05, 3.63) is 35.1 Å². The molecular weight excluding hydrogens is 251 g/mol. The summed E-state index contributed by atoms with van der Waals surface area (Å²) in [7, 11) is 0. The van der Waals surface area contributed by atoms with Gasteiger partial charge in [0.25, 0.3) is 0 Å². The van der Waals surface area contributed by atoms with Gasteiger partial charge in [-0.25, -0.2) is 13.2 Å². The zero-order valence-corrected chi connectivity index (χ0v) is 11.2. The summed E-state index contributed by atoms with van der Waals surface area (Å²) in [6.07, 6.45) is 5.36. The van der Waals surface area contributed by atoms with Crippen LogP contribution in [-0.2, 0) is 0 Å². The van der Waals surface area contributed by atoms with Crippen molar-refractivity contribution in [2.45, 2.75) is 45.1 Å². The summed E-state index contributed by atoms with van der Waals surface area (Å²) in [6.45, 7) is 2.83. The van der Waals surface area contributed by atoms with E-state index in [1.807, 2.05) is 6.92 Å². The molecule has 0 saturated heterocycles. The third-order valence-corrected chi connectivity index (χ3v) is 3.61. The number of nitrogens with one attached hydrogen (secondary N) is 1. The maximum atomic E-state index is 13.3. The van der Waals surface area contributed by atoms with Gasteiger partial charge >= 0.3 is 0 Å². The number of rotatable bonds is 7. The Hall–Kier alpha value is -1.03. The average molecular weight is 271 g/mol. The number of hydrogen-bond acceptors (Lipinski definition) is 1. The quantitative estimate of drug-likeness (QED) is 0.728. The summed E-state index contributed by atoms with van der Waals surface area (Å²) in [4.78, 5) is 0. The van der Waals surface area contributed by atoms with E-state index in [0.29, 0.717) is 5.56 Å². The third kappa shape index (κ3) is 3.96. The van der Waals surface area contributed by atoms with Crippen molar-refractivity contribution in [2.75, 3.05) is 6.54 Å². The minimum Gasteiger partial charge on any atom is -0.310 e. The highest BCUT2D eigenvalue weighted by Gasteiger charge is 2.24. The molecule has 4 heteroatoms. The van der Waals surface area contributed by atoms with Gasteiger partial charge in [0.05, 0.1) is 0 Å². The van der Waals surface area contributed by atoms with Crippen molar-refractivity contribution >= 4 is 0 Å². The van der Waals surface area contributed by atoms with Crippen molar-refractivity contribution < 1.29 is 13.2 Å². The largest absolute Gasteiger partial charge is 0.310 e. The molecule has 1 fully saturated rings. The smallest absolute Gasteiger partial charge is 0.194 e. The lowest BCUT2D eigenvalue weighted by molar-refractivity contribution is 0.430. The third-order valence-electron chi connectivity index (χ3n) is 3.61. The molecule has 2 rings (SSSR count). The van der Waals surface area contributed by atoms with E-state index in [1.54, 1.807) is 0 Å². The van der Waals surface area contributed by atoms with Crippen LogP contribution in [0.3, 0.4) is 0 Å². The highest BCUT2D eigenvalue weighted by molar-refractivity contribution is 5.22. The first-order valence-corrected chi connectivity index (χ1v) is 6.99. The van der Waals surface area contributed by atoms with E-state index in [4.69, 9.17) is 0 Å². The van der Waals surface area contributed by atoms with Crippen molar-refractivity contribution in [1.82, 2.24) is 5.32 Å². The summed E-state index contributed by atoms with van der Waals surface area (Å²) in [5, 5.41) is 3.29. The fraction of sp³-hybridized carbons (Fsp3) is 0.600. The van der Waals surface area contributed by atoms with Gasteiger partial charge in [-0.2, -0.15) is 0 Å². The first-order valence-electron chi connectivity index (χ1n) is 6.99. The van der Waals surface area contributed by atoms with Gasteiger partial charge in [0.2, 0.25) is 0 Å². The first-order chi connectivity index (χ1) is 9.11. The highest BCUT2D eigenvalue weighted by atomic mass is 19.2. The SMILES string of the molecule is CCCNC(CCC1CC1)c1cc(F)c(F)c(F)c1. The summed E-state index contributed by atoms with van der Waals surface area (Å²) in [5.74, 6) is -2.84. The fourth-order valence-corrected chi connectivity index (χ4v) is 2.29. The zero-order chi connectivity index (χ0) is 13.8. The summed E-state index contributed by atoms with van der Waals surface area (Å²) < 4.78 is 39.6. The summed E-state index contributed by atoms with van der Waals surface area (Å²) in [5.41, 5.74) is 0.505. The van der Waals surface area contributed by atoms with E-state index in [2.05, 4.69) is 5.32 Å². The van der Waals surface area contributed by atoms with E-state index >= 15 is 0 Å². The maximum Gasteiger partial charge on any atom is 0.194 e. The summed E-state index contributed by atoms with van der Waals surface area (Å²) >= 11 is 0. The Kier molecular flexibility index (Phi) is 4.86. The minimum atomic E-state index is -1.39. The first kappa shape index (κ1) is 14.4. The lowest BCUT2D eigenvalue weighted by Crippen LogP contribution is -2.22. The van der Waals surface area contributed by atoms with Crippen LogP contribution in [0.25, 0.3) is 0 Å². The van der Waals surface area contributed by atoms with Crippen molar-refractivity contribution in [3.8, 4) is 0 Å². The van der Waals surface area contributed by atoms with Gasteiger partial charge in [0, 0.05) is 6.04 Å². The molecule has 0 spiro atoms. The molecule has 1 aliphatic carbocycles. The van der Waals surface area contributed by atoms with E-state index in [9.17, 15) is 13.2 Å².